The van der Waals surface area contributed by atoms with Crippen molar-refractivity contribution in [3.05, 3.63) is 30.1 Å². The van der Waals surface area contributed by atoms with E-state index in [2.05, 4.69) is 9.62 Å². The normalized spacial score (nSPS) is 24.4. The molecule has 0 spiro atoms. The first-order valence-electron chi connectivity index (χ1n) is 10.8. The molecule has 2 aliphatic heterocycles. The highest BCUT2D eigenvalue weighted by Crippen LogP contribution is 2.31. The zero-order valence-electron chi connectivity index (χ0n) is 17.1. The first-order chi connectivity index (χ1) is 14.4. The predicted molar refractivity (Wildman–Crippen MR) is 110 cm³/mol. The second-order valence-electron chi connectivity index (χ2n) is 8.72. The molecule has 30 heavy (non-hydrogen) atoms. The maximum Gasteiger partial charge on any atom is 0.248 e. The van der Waals surface area contributed by atoms with Crippen molar-refractivity contribution in [2.75, 3.05) is 45.9 Å². The van der Waals surface area contributed by atoms with Gasteiger partial charge in [-0.05, 0) is 74.9 Å². The number of amides is 1. The molecule has 1 aliphatic carbocycles. The molecule has 0 bridgehead atoms. The Balaban J connectivity index is 1.25. The molecular weight excluding hydrogens is 409 g/mol. The zero-order valence-corrected chi connectivity index (χ0v) is 17.9. The van der Waals surface area contributed by atoms with E-state index in [0.29, 0.717) is 19.0 Å². The van der Waals surface area contributed by atoms with Gasteiger partial charge in [-0.3, -0.25) is 4.79 Å². The van der Waals surface area contributed by atoms with Gasteiger partial charge in [0.1, 0.15) is 12.4 Å². The fourth-order valence-electron chi connectivity index (χ4n) is 4.21. The monoisotopic (exact) mass is 439 g/mol. The van der Waals surface area contributed by atoms with E-state index in [1.54, 1.807) is 0 Å². The molecule has 7 nitrogen and oxygen atoms in total. The number of sulfonamides is 1. The summed E-state index contributed by atoms with van der Waals surface area (Å²) in [6.07, 6.45) is 4.54. The van der Waals surface area contributed by atoms with Crippen molar-refractivity contribution in [2.24, 2.45) is 11.8 Å². The molecule has 0 radical (unpaired) electrons. The molecule has 1 aromatic rings. The molecule has 166 valence electrons. The number of morpholine rings is 1. The van der Waals surface area contributed by atoms with Crippen LogP contribution in [0.5, 0.6) is 0 Å². The molecule has 2 saturated heterocycles. The number of nitrogens with one attached hydrogen (secondary N) is 1. The average molecular weight is 440 g/mol. The Labute approximate surface area is 177 Å². The number of likely N-dealkylation sites (tertiary alicyclic amines) is 1. The van der Waals surface area contributed by atoms with Crippen molar-refractivity contribution in [3.8, 4) is 0 Å². The fourth-order valence-corrected chi connectivity index (χ4v) is 5.28. The van der Waals surface area contributed by atoms with E-state index >= 15 is 0 Å². The van der Waals surface area contributed by atoms with Crippen LogP contribution in [-0.4, -0.2) is 76.1 Å². The Bertz CT molecular complexity index is 836. The zero-order chi connectivity index (χ0) is 21.1. The highest BCUT2D eigenvalue weighted by Gasteiger charge is 2.31. The van der Waals surface area contributed by atoms with Crippen molar-refractivity contribution < 1.29 is 22.3 Å². The SMILES string of the molecule is O=C1COC(CNS(=O)(=O)c2ccc(F)cc2)CN1CC1CCN(CC2CC2)CC1. The van der Waals surface area contributed by atoms with Crippen molar-refractivity contribution in [3.63, 3.8) is 0 Å². The quantitative estimate of drug-likeness (QED) is 0.663. The second-order valence-corrected chi connectivity index (χ2v) is 10.5. The molecule has 9 heteroatoms. The Morgan fingerprint density at radius 1 is 1.03 bits per heavy atom. The highest BCUT2D eigenvalue weighted by atomic mass is 32.2. The number of benzene rings is 1. The summed E-state index contributed by atoms with van der Waals surface area (Å²) in [5.74, 6) is 0.867. The van der Waals surface area contributed by atoms with Crippen molar-refractivity contribution in [1.82, 2.24) is 14.5 Å². The summed E-state index contributed by atoms with van der Waals surface area (Å²) in [5.41, 5.74) is 0. The van der Waals surface area contributed by atoms with E-state index < -0.39 is 21.9 Å². The van der Waals surface area contributed by atoms with Crippen LogP contribution in [-0.2, 0) is 19.6 Å². The Kier molecular flexibility index (Phi) is 6.72. The summed E-state index contributed by atoms with van der Waals surface area (Å²) in [5, 5.41) is 0. The molecular formula is C21H30FN3O4S. The maximum absolute atomic E-state index is 13.0. The summed E-state index contributed by atoms with van der Waals surface area (Å²) in [4.78, 5) is 16.7. The van der Waals surface area contributed by atoms with Crippen LogP contribution in [0.3, 0.4) is 0 Å². The minimum atomic E-state index is -3.75. The van der Waals surface area contributed by atoms with Gasteiger partial charge in [0.25, 0.3) is 0 Å². The van der Waals surface area contributed by atoms with Crippen molar-refractivity contribution in [2.45, 2.75) is 36.7 Å². The van der Waals surface area contributed by atoms with Gasteiger partial charge >= 0.3 is 0 Å². The molecule has 1 aromatic carbocycles. The number of carbonyl (C=O) groups is 1. The largest absolute Gasteiger partial charge is 0.365 e. The number of halogens is 1. The van der Waals surface area contributed by atoms with E-state index in [9.17, 15) is 17.6 Å². The number of piperidine rings is 1. The standard InChI is InChI=1S/C21H30FN3O4S/c22-18-3-5-20(6-4-18)30(27,28)23-11-19-14-25(21(26)15-29-19)13-17-7-9-24(10-8-17)12-16-1-2-16/h3-6,16-17,19,23H,1-2,7-15H2. The Hall–Kier alpha value is -1.55. The molecule has 0 aromatic heterocycles. The number of hydrogen-bond acceptors (Lipinski definition) is 5. The maximum atomic E-state index is 13.0. The lowest BCUT2D eigenvalue weighted by Gasteiger charge is -2.38. The number of carbonyl (C=O) groups excluding carboxylic acids is 1. The minimum Gasteiger partial charge on any atom is -0.365 e. The van der Waals surface area contributed by atoms with Crippen LogP contribution in [0.15, 0.2) is 29.2 Å². The van der Waals surface area contributed by atoms with Gasteiger partial charge in [-0.1, -0.05) is 0 Å². The topological polar surface area (TPSA) is 78.9 Å². The summed E-state index contributed by atoms with van der Waals surface area (Å²) >= 11 is 0. The Morgan fingerprint density at radius 2 is 1.70 bits per heavy atom. The highest BCUT2D eigenvalue weighted by molar-refractivity contribution is 7.89. The number of hydrogen-bond donors (Lipinski definition) is 1. The van der Waals surface area contributed by atoms with Crippen molar-refractivity contribution in [1.29, 1.82) is 0 Å². The summed E-state index contributed by atoms with van der Waals surface area (Å²) in [6, 6.07) is 4.68. The minimum absolute atomic E-state index is 0.00518. The molecule has 1 saturated carbocycles. The molecule has 3 aliphatic rings. The lowest BCUT2D eigenvalue weighted by Crippen LogP contribution is -2.52. The van der Waals surface area contributed by atoms with E-state index in [-0.39, 0.29) is 24.0 Å². The van der Waals surface area contributed by atoms with Crippen molar-refractivity contribution >= 4 is 15.9 Å². The summed E-state index contributed by atoms with van der Waals surface area (Å²) in [7, 11) is -3.75. The van der Waals surface area contributed by atoms with E-state index in [1.807, 2.05) is 4.90 Å². The van der Waals surface area contributed by atoms with Gasteiger partial charge in [-0.2, -0.15) is 0 Å². The smallest absolute Gasteiger partial charge is 0.248 e. The number of nitrogens with zero attached hydrogens (tertiary/aromatic N) is 2. The van der Waals surface area contributed by atoms with Crippen LogP contribution < -0.4 is 4.72 Å². The molecule has 1 N–H and O–H groups in total. The van der Waals surface area contributed by atoms with Gasteiger partial charge in [0.2, 0.25) is 15.9 Å². The van der Waals surface area contributed by atoms with E-state index in [4.69, 9.17) is 4.74 Å². The summed E-state index contributed by atoms with van der Waals surface area (Å²) < 4.78 is 45.9. The van der Waals surface area contributed by atoms with Gasteiger partial charge in [0, 0.05) is 26.2 Å². The number of ether oxygens (including phenoxy) is 1. The molecule has 4 rings (SSSR count). The molecule has 1 amide bonds. The lowest BCUT2D eigenvalue weighted by molar-refractivity contribution is -0.149. The first-order valence-corrected chi connectivity index (χ1v) is 12.2. The third-order valence-corrected chi connectivity index (χ3v) is 7.68. The van der Waals surface area contributed by atoms with Crippen LogP contribution in [0, 0.1) is 17.7 Å². The van der Waals surface area contributed by atoms with E-state index in [0.717, 1.165) is 44.0 Å². The van der Waals surface area contributed by atoms with Crippen LogP contribution in [0.1, 0.15) is 25.7 Å². The van der Waals surface area contributed by atoms with Gasteiger partial charge in [0.05, 0.1) is 11.0 Å². The molecule has 2 heterocycles. The predicted octanol–water partition coefficient (Wildman–Crippen LogP) is 1.45. The molecule has 1 unspecified atom stereocenters. The molecule has 3 fully saturated rings. The first kappa shape index (κ1) is 21.7. The molecule has 1 atom stereocenters. The van der Waals surface area contributed by atoms with Crippen LogP contribution in [0.25, 0.3) is 0 Å². The Morgan fingerprint density at radius 3 is 2.37 bits per heavy atom. The van der Waals surface area contributed by atoms with E-state index in [1.165, 1.54) is 31.5 Å². The third-order valence-electron chi connectivity index (χ3n) is 6.24. The fraction of sp³-hybridized carbons (Fsp3) is 0.667. The lowest BCUT2D eigenvalue weighted by atomic mass is 9.95. The van der Waals surface area contributed by atoms with Crippen LogP contribution in [0.2, 0.25) is 0 Å². The van der Waals surface area contributed by atoms with Gasteiger partial charge < -0.3 is 14.5 Å². The number of rotatable bonds is 8. The third kappa shape index (κ3) is 5.78. The van der Waals surface area contributed by atoms with Gasteiger partial charge in [0.15, 0.2) is 0 Å². The van der Waals surface area contributed by atoms with Gasteiger partial charge in [-0.25, -0.2) is 17.5 Å². The average Bonchev–Trinajstić information content (AvgIpc) is 3.54. The van der Waals surface area contributed by atoms with Gasteiger partial charge in [-0.15, -0.1) is 0 Å². The van der Waals surface area contributed by atoms with Crippen LogP contribution >= 0.6 is 0 Å². The second kappa shape index (κ2) is 9.30. The van der Waals surface area contributed by atoms with Crippen LogP contribution in [0.4, 0.5) is 4.39 Å². The summed E-state index contributed by atoms with van der Waals surface area (Å²) in [6.45, 7) is 4.56.